The van der Waals surface area contributed by atoms with Gasteiger partial charge in [0.1, 0.15) is 5.01 Å². The first-order chi connectivity index (χ1) is 9.31. The first-order valence-corrected chi connectivity index (χ1v) is 8.09. The lowest BCUT2D eigenvalue weighted by atomic mass is 10.1. The van der Waals surface area contributed by atoms with E-state index < -0.39 is 0 Å². The van der Waals surface area contributed by atoms with Gasteiger partial charge in [0.15, 0.2) is 0 Å². The minimum Gasteiger partial charge on any atom is -0.380 e. The summed E-state index contributed by atoms with van der Waals surface area (Å²) in [6, 6.07) is 0. The summed E-state index contributed by atoms with van der Waals surface area (Å²) >= 11 is 1.76. The van der Waals surface area contributed by atoms with Crippen LogP contribution in [0.1, 0.15) is 36.9 Å². The number of ether oxygens (including phenoxy) is 1. The minimum absolute atomic E-state index is 0.401. The smallest absolute Gasteiger partial charge is 0.107 e. The fourth-order valence-corrected chi connectivity index (χ4v) is 3.21. The van der Waals surface area contributed by atoms with Gasteiger partial charge in [-0.25, -0.2) is 4.98 Å². The molecule has 1 aromatic rings. The number of methoxy groups -OCH3 is 1. The Kier molecular flexibility index (Phi) is 6.23. The van der Waals surface area contributed by atoms with Gasteiger partial charge in [0.25, 0.3) is 0 Å². The minimum atomic E-state index is 0.401. The quantitative estimate of drug-likeness (QED) is 0.779. The van der Waals surface area contributed by atoms with Crippen LogP contribution in [0.2, 0.25) is 0 Å². The van der Waals surface area contributed by atoms with Gasteiger partial charge < -0.3 is 10.1 Å². The third-order valence-electron chi connectivity index (χ3n) is 3.48. The number of aromatic nitrogens is 1. The Labute approximate surface area is 120 Å². The molecule has 2 heterocycles. The molecule has 1 unspecified atom stereocenters. The zero-order valence-corrected chi connectivity index (χ0v) is 12.8. The van der Waals surface area contributed by atoms with Gasteiger partial charge in [-0.05, 0) is 32.4 Å². The lowest BCUT2D eigenvalue weighted by Crippen LogP contribution is -2.38. The van der Waals surface area contributed by atoms with Crippen LogP contribution in [0.4, 0.5) is 0 Å². The van der Waals surface area contributed by atoms with Crippen molar-refractivity contribution < 1.29 is 4.74 Å². The summed E-state index contributed by atoms with van der Waals surface area (Å²) in [6.07, 6.45) is 3.99. The maximum atomic E-state index is 5.46. The van der Waals surface area contributed by atoms with E-state index in [-0.39, 0.29) is 0 Å². The van der Waals surface area contributed by atoms with Gasteiger partial charge in [-0.3, -0.25) is 4.90 Å². The van der Waals surface area contributed by atoms with Gasteiger partial charge in [-0.1, -0.05) is 6.92 Å². The van der Waals surface area contributed by atoms with Crippen LogP contribution in [0.25, 0.3) is 0 Å². The topological polar surface area (TPSA) is 37.4 Å². The molecule has 19 heavy (non-hydrogen) atoms. The summed E-state index contributed by atoms with van der Waals surface area (Å²) in [6.45, 7) is 7.32. The van der Waals surface area contributed by atoms with Crippen LogP contribution >= 0.6 is 11.3 Å². The average molecular weight is 283 g/mol. The molecule has 108 valence electrons. The molecule has 0 saturated carbocycles. The standard InChI is InChI=1S/C14H25N3OS/c1-3-6-15-8-14-16-12(11-19-14)9-17-7-4-5-13(10-17)18-2/h11,13,15H,3-10H2,1-2H3. The van der Waals surface area contributed by atoms with E-state index in [1.807, 2.05) is 7.11 Å². The van der Waals surface area contributed by atoms with Crippen molar-refractivity contribution in [1.29, 1.82) is 0 Å². The average Bonchev–Trinajstić information content (AvgIpc) is 2.87. The van der Waals surface area contributed by atoms with Crippen LogP contribution in [0.15, 0.2) is 5.38 Å². The first kappa shape index (κ1) is 14.9. The second-order valence-electron chi connectivity index (χ2n) is 5.14. The predicted octanol–water partition coefficient (Wildman–Crippen LogP) is 2.25. The van der Waals surface area contributed by atoms with Crippen LogP contribution in [0, 0.1) is 0 Å². The predicted molar refractivity (Wildman–Crippen MR) is 79.4 cm³/mol. The molecule has 1 saturated heterocycles. The zero-order valence-electron chi connectivity index (χ0n) is 12.0. The first-order valence-electron chi connectivity index (χ1n) is 7.21. The highest BCUT2D eigenvalue weighted by Crippen LogP contribution is 2.17. The van der Waals surface area contributed by atoms with Gasteiger partial charge in [0.05, 0.1) is 11.8 Å². The number of nitrogens with one attached hydrogen (secondary N) is 1. The molecule has 1 aliphatic heterocycles. The summed E-state index contributed by atoms with van der Waals surface area (Å²) < 4.78 is 5.46. The van der Waals surface area contributed by atoms with E-state index in [4.69, 9.17) is 9.72 Å². The second kappa shape index (κ2) is 7.94. The Bertz CT molecular complexity index is 369. The normalized spacial score (nSPS) is 20.8. The Morgan fingerprint density at radius 3 is 3.26 bits per heavy atom. The Hall–Kier alpha value is -0.490. The van der Waals surface area contributed by atoms with Crippen molar-refractivity contribution in [3.8, 4) is 0 Å². The lowest BCUT2D eigenvalue weighted by molar-refractivity contribution is 0.0282. The number of likely N-dealkylation sites (tertiary alicyclic amines) is 1. The number of hydrogen-bond acceptors (Lipinski definition) is 5. The molecule has 1 atom stereocenters. The van der Waals surface area contributed by atoms with Gasteiger partial charge in [-0.2, -0.15) is 0 Å². The largest absolute Gasteiger partial charge is 0.380 e. The van der Waals surface area contributed by atoms with Crippen molar-refractivity contribution >= 4 is 11.3 Å². The van der Waals surface area contributed by atoms with Crippen LogP contribution in [0.5, 0.6) is 0 Å². The highest BCUT2D eigenvalue weighted by molar-refractivity contribution is 7.09. The van der Waals surface area contributed by atoms with Crippen molar-refractivity contribution in [2.75, 3.05) is 26.7 Å². The Balaban J connectivity index is 1.78. The molecule has 1 N–H and O–H groups in total. The van der Waals surface area contributed by atoms with E-state index >= 15 is 0 Å². The summed E-state index contributed by atoms with van der Waals surface area (Å²) in [5.41, 5.74) is 1.20. The van der Waals surface area contributed by atoms with Gasteiger partial charge in [0, 0.05) is 32.1 Å². The highest BCUT2D eigenvalue weighted by Gasteiger charge is 2.19. The van der Waals surface area contributed by atoms with Gasteiger partial charge in [-0.15, -0.1) is 11.3 Å². The monoisotopic (exact) mass is 283 g/mol. The number of hydrogen-bond donors (Lipinski definition) is 1. The molecule has 0 spiro atoms. The van der Waals surface area contributed by atoms with Crippen molar-refractivity contribution in [2.45, 2.75) is 45.4 Å². The van der Waals surface area contributed by atoms with Crippen molar-refractivity contribution in [2.24, 2.45) is 0 Å². The maximum absolute atomic E-state index is 5.46. The molecule has 0 bridgehead atoms. The van der Waals surface area contributed by atoms with Gasteiger partial charge in [0.2, 0.25) is 0 Å². The summed E-state index contributed by atoms with van der Waals surface area (Å²) in [5.74, 6) is 0. The van der Waals surface area contributed by atoms with Gasteiger partial charge >= 0.3 is 0 Å². The zero-order chi connectivity index (χ0) is 13.5. The van der Waals surface area contributed by atoms with E-state index in [9.17, 15) is 0 Å². The third-order valence-corrected chi connectivity index (χ3v) is 4.38. The van der Waals surface area contributed by atoms with Crippen LogP contribution in [-0.2, 0) is 17.8 Å². The number of piperidine rings is 1. The fourth-order valence-electron chi connectivity index (χ4n) is 2.45. The molecule has 4 nitrogen and oxygen atoms in total. The van der Waals surface area contributed by atoms with E-state index in [0.29, 0.717) is 6.10 Å². The van der Waals surface area contributed by atoms with E-state index in [1.165, 1.54) is 36.5 Å². The van der Waals surface area contributed by atoms with E-state index in [2.05, 4.69) is 22.5 Å². The number of thiazole rings is 1. The molecule has 0 aliphatic carbocycles. The summed E-state index contributed by atoms with van der Waals surface area (Å²) in [7, 11) is 1.81. The Morgan fingerprint density at radius 2 is 2.47 bits per heavy atom. The Morgan fingerprint density at radius 1 is 1.58 bits per heavy atom. The highest BCUT2D eigenvalue weighted by atomic mass is 32.1. The third kappa shape index (κ3) is 4.84. The molecule has 2 rings (SSSR count). The fraction of sp³-hybridized carbons (Fsp3) is 0.786. The molecule has 1 aliphatic rings. The summed E-state index contributed by atoms with van der Waals surface area (Å²) in [4.78, 5) is 7.15. The van der Waals surface area contributed by atoms with E-state index in [0.717, 1.165) is 26.2 Å². The van der Waals surface area contributed by atoms with Crippen molar-refractivity contribution in [1.82, 2.24) is 15.2 Å². The molecule has 0 aromatic carbocycles. The summed E-state index contributed by atoms with van der Waals surface area (Å²) in [5, 5.41) is 6.79. The van der Waals surface area contributed by atoms with Crippen molar-refractivity contribution in [3.63, 3.8) is 0 Å². The molecular formula is C14H25N3OS. The number of rotatable bonds is 7. The molecule has 1 fully saturated rings. The second-order valence-corrected chi connectivity index (χ2v) is 6.09. The molecule has 0 amide bonds. The molecular weight excluding hydrogens is 258 g/mol. The molecule has 1 aromatic heterocycles. The lowest BCUT2D eigenvalue weighted by Gasteiger charge is -2.31. The van der Waals surface area contributed by atoms with Crippen LogP contribution in [0.3, 0.4) is 0 Å². The molecule has 5 heteroatoms. The van der Waals surface area contributed by atoms with Crippen LogP contribution < -0.4 is 5.32 Å². The maximum Gasteiger partial charge on any atom is 0.107 e. The molecule has 0 radical (unpaired) electrons. The van der Waals surface area contributed by atoms with Crippen LogP contribution in [-0.4, -0.2) is 42.7 Å². The SMILES string of the molecule is CCCNCc1nc(CN2CCCC(OC)C2)cs1. The number of nitrogens with zero attached hydrogens (tertiary/aromatic N) is 2. The van der Waals surface area contributed by atoms with Crippen molar-refractivity contribution in [3.05, 3.63) is 16.1 Å². The van der Waals surface area contributed by atoms with E-state index in [1.54, 1.807) is 11.3 Å².